The van der Waals surface area contributed by atoms with Gasteiger partial charge in [-0.3, -0.25) is 0 Å². The first kappa shape index (κ1) is 28.5. The molecule has 1 aliphatic rings. The van der Waals surface area contributed by atoms with Crippen molar-refractivity contribution in [1.29, 1.82) is 0 Å². The van der Waals surface area contributed by atoms with Gasteiger partial charge >= 0.3 is 6.03 Å². The van der Waals surface area contributed by atoms with Crippen LogP contribution in [0.2, 0.25) is 0 Å². The minimum absolute atomic E-state index is 0.0574. The summed E-state index contributed by atoms with van der Waals surface area (Å²) in [6.45, 7) is 9.17. The zero-order chi connectivity index (χ0) is 27.9. The van der Waals surface area contributed by atoms with Crippen molar-refractivity contribution < 1.29 is 14.3 Å². The number of methoxy groups -OCH3 is 2. The van der Waals surface area contributed by atoms with Gasteiger partial charge < -0.3 is 19.7 Å². The SMILES string of the molecule is COc1cccc(CN(C(=O)Nc2c(C(C)C)cccc2C(C)C)C2CCC(c3ccccc3)CC2)c1OC. The molecule has 0 spiro atoms. The van der Waals surface area contributed by atoms with Crippen molar-refractivity contribution in [2.45, 2.75) is 83.7 Å². The molecule has 0 radical (unpaired) electrons. The molecule has 3 aromatic carbocycles. The van der Waals surface area contributed by atoms with Crippen molar-refractivity contribution in [3.05, 3.63) is 89.0 Å². The first-order valence-corrected chi connectivity index (χ1v) is 14.3. The first-order chi connectivity index (χ1) is 18.8. The standard InChI is InChI=1S/C34H44N2O3/c1-23(2)29-15-11-16-30(24(3)4)32(29)35-34(37)36(22-27-14-10-17-31(38-5)33(27)39-6)28-20-18-26(19-21-28)25-12-8-7-9-13-25/h7-17,23-24,26,28H,18-22H2,1-6H3,(H,35,37). The summed E-state index contributed by atoms with van der Waals surface area (Å²) in [5.41, 5.74) is 5.63. The van der Waals surface area contributed by atoms with E-state index in [9.17, 15) is 4.79 Å². The minimum atomic E-state index is -0.0574. The number of hydrogen-bond acceptors (Lipinski definition) is 3. The van der Waals surface area contributed by atoms with Crippen LogP contribution in [0.15, 0.2) is 66.7 Å². The van der Waals surface area contributed by atoms with E-state index < -0.39 is 0 Å². The van der Waals surface area contributed by atoms with Crippen LogP contribution in [-0.2, 0) is 6.54 Å². The van der Waals surface area contributed by atoms with Gasteiger partial charge in [-0.1, -0.05) is 88.4 Å². The Hall–Kier alpha value is -3.47. The average Bonchev–Trinajstić information content (AvgIpc) is 2.96. The lowest BCUT2D eigenvalue weighted by Crippen LogP contribution is -2.44. The minimum Gasteiger partial charge on any atom is -0.493 e. The second-order valence-electron chi connectivity index (χ2n) is 11.2. The van der Waals surface area contributed by atoms with Crippen molar-refractivity contribution in [3.8, 4) is 11.5 Å². The summed E-state index contributed by atoms with van der Waals surface area (Å²) in [5.74, 6) is 2.49. The molecule has 0 unspecified atom stereocenters. The molecule has 5 nitrogen and oxygen atoms in total. The van der Waals surface area contributed by atoms with E-state index in [1.165, 1.54) is 16.7 Å². The highest BCUT2D eigenvalue weighted by Gasteiger charge is 2.31. The second-order valence-corrected chi connectivity index (χ2v) is 11.2. The number of hydrogen-bond donors (Lipinski definition) is 1. The molecular weight excluding hydrogens is 484 g/mol. The number of carbonyl (C=O) groups is 1. The number of ether oxygens (including phenoxy) is 2. The number of amides is 2. The van der Waals surface area contributed by atoms with Crippen LogP contribution in [0.4, 0.5) is 10.5 Å². The molecule has 0 aliphatic heterocycles. The molecule has 1 aliphatic carbocycles. The third-order valence-electron chi connectivity index (χ3n) is 8.10. The van der Waals surface area contributed by atoms with Crippen LogP contribution in [0, 0.1) is 0 Å². The fourth-order valence-electron chi connectivity index (χ4n) is 5.95. The molecule has 5 heteroatoms. The van der Waals surface area contributed by atoms with Crippen LogP contribution < -0.4 is 14.8 Å². The molecule has 39 heavy (non-hydrogen) atoms. The van der Waals surface area contributed by atoms with Gasteiger partial charge in [0.15, 0.2) is 11.5 Å². The molecule has 3 aromatic rings. The average molecular weight is 529 g/mol. The molecule has 1 saturated carbocycles. The Balaban J connectivity index is 1.65. The molecule has 1 fully saturated rings. The van der Waals surface area contributed by atoms with Crippen molar-refractivity contribution >= 4 is 11.7 Å². The van der Waals surface area contributed by atoms with Gasteiger partial charge in [0.05, 0.1) is 20.8 Å². The van der Waals surface area contributed by atoms with E-state index in [-0.39, 0.29) is 12.1 Å². The summed E-state index contributed by atoms with van der Waals surface area (Å²) >= 11 is 0. The Morgan fingerprint density at radius 1 is 0.821 bits per heavy atom. The van der Waals surface area contributed by atoms with Gasteiger partial charge in [-0.05, 0) is 66.2 Å². The van der Waals surface area contributed by atoms with Crippen molar-refractivity contribution in [1.82, 2.24) is 4.90 Å². The molecular formula is C34H44N2O3. The molecule has 0 bridgehead atoms. The number of nitrogens with one attached hydrogen (secondary N) is 1. The molecule has 4 rings (SSSR count). The molecule has 0 atom stereocenters. The van der Waals surface area contributed by atoms with Crippen LogP contribution in [0.1, 0.15) is 93.4 Å². The van der Waals surface area contributed by atoms with Crippen molar-refractivity contribution in [3.63, 3.8) is 0 Å². The van der Waals surface area contributed by atoms with E-state index in [0.29, 0.717) is 35.8 Å². The molecule has 0 saturated heterocycles. The molecule has 1 N–H and O–H groups in total. The summed E-state index contributed by atoms with van der Waals surface area (Å²) in [4.78, 5) is 16.2. The van der Waals surface area contributed by atoms with Crippen LogP contribution >= 0.6 is 0 Å². The maximum Gasteiger partial charge on any atom is 0.322 e. The lowest BCUT2D eigenvalue weighted by molar-refractivity contribution is 0.157. The lowest BCUT2D eigenvalue weighted by Gasteiger charge is -2.38. The predicted molar refractivity (Wildman–Crippen MR) is 160 cm³/mol. The number of nitrogens with zero attached hydrogens (tertiary/aromatic N) is 1. The van der Waals surface area contributed by atoms with E-state index in [1.807, 2.05) is 23.1 Å². The van der Waals surface area contributed by atoms with E-state index in [2.05, 4.69) is 81.5 Å². The van der Waals surface area contributed by atoms with Crippen molar-refractivity contribution in [2.24, 2.45) is 0 Å². The summed E-state index contributed by atoms with van der Waals surface area (Å²) in [6.07, 6.45) is 4.05. The zero-order valence-corrected chi connectivity index (χ0v) is 24.4. The quantitative estimate of drug-likeness (QED) is 0.302. The Bertz CT molecular complexity index is 1200. The Kier molecular flexibility index (Phi) is 9.55. The van der Waals surface area contributed by atoms with E-state index in [0.717, 1.165) is 36.9 Å². The first-order valence-electron chi connectivity index (χ1n) is 14.3. The number of rotatable bonds is 9. The van der Waals surface area contributed by atoms with Gasteiger partial charge in [0, 0.05) is 17.3 Å². The summed E-state index contributed by atoms with van der Waals surface area (Å²) in [5, 5.41) is 3.38. The van der Waals surface area contributed by atoms with E-state index in [1.54, 1.807) is 14.2 Å². The molecule has 0 heterocycles. The fraction of sp³-hybridized carbons (Fsp3) is 0.441. The van der Waals surface area contributed by atoms with Gasteiger partial charge in [-0.25, -0.2) is 4.79 Å². The topological polar surface area (TPSA) is 50.8 Å². The fourth-order valence-corrected chi connectivity index (χ4v) is 5.95. The normalized spacial score (nSPS) is 17.2. The third kappa shape index (κ3) is 6.58. The highest BCUT2D eigenvalue weighted by atomic mass is 16.5. The number of urea groups is 1. The van der Waals surface area contributed by atoms with Gasteiger partial charge in [-0.2, -0.15) is 0 Å². The Morgan fingerprint density at radius 2 is 1.44 bits per heavy atom. The summed E-state index contributed by atoms with van der Waals surface area (Å²) in [6, 6.07) is 23.1. The van der Waals surface area contributed by atoms with Gasteiger partial charge in [0.1, 0.15) is 0 Å². The molecule has 208 valence electrons. The largest absolute Gasteiger partial charge is 0.493 e. The van der Waals surface area contributed by atoms with Crippen molar-refractivity contribution in [2.75, 3.05) is 19.5 Å². The number of carbonyl (C=O) groups excluding carboxylic acids is 1. The van der Waals surface area contributed by atoms with Gasteiger partial charge in [0.25, 0.3) is 0 Å². The van der Waals surface area contributed by atoms with Crippen LogP contribution in [0.3, 0.4) is 0 Å². The van der Waals surface area contributed by atoms with Crippen LogP contribution in [0.25, 0.3) is 0 Å². The monoisotopic (exact) mass is 528 g/mol. The highest BCUT2D eigenvalue weighted by molar-refractivity contribution is 5.91. The number of benzene rings is 3. The van der Waals surface area contributed by atoms with Gasteiger partial charge in [-0.15, -0.1) is 0 Å². The van der Waals surface area contributed by atoms with Crippen LogP contribution in [0.5, 0.6) is 11.5 Å². The van der Waals surface area contributed by atoms with E-state index >= 15 is 0 Å². The lowest BCUT2D eigenvalue weighted by atomic mass is 9.81. The summed E-state index contributed by atoms with van der Waals surface area (Å²) in [7, 11) is 3.30. The Morgan fingerprint density at radius 3 is 2.00 bits per heavy atom. The molecule has 2 amide bonds. The molecule has 0 aromatic heterocycles. The zero-order valence-electron chi connectivity index (χ0n) is 24.4. The maximum absolute atomic E-state index is 14.2. The third-order valence-corrected chi connectivity index (χ3v) is 8.10. The maximum atomic E-state index is 14.2. The Labute approximate surface area is 234 Å². The second kappa shape index (κ2) is 13.1. The van der Waals surface area contributed by atoms with E-state index in [4.69, 9.17) is 9.47 Å². The van der Waals surface area contributed by atoms with Gasteiger partial charge in [0.2, 0.25) is 0 Å². The summed E-state index contributed by atoms with van der Waals surface area (Å²) < 4.78 is 11.3. The highest BCUT2D eigenvalue weighted by Crippen LogP contribution is 2.38. The number of anilines is 1. The number of para-hydroxylation sites is 2. The van der Waals surface area contributed by atoms with Crippen LogP contribution in [-0.4, -0.2) is 31.2 Å². The predicted octanol–water partition coefficient (Wildman–Crippen LogP) is 8.71. The smallest absolute Gasteiger partial charge is 0.322 e.